The first-order valence-corrected chi connectivity index (χ1v) is 5.68. The summed E-state index contributed by atoms with van der Waals surface area (Å²) in [4.78, 5) is 11.2. The quantitative estimate of drug-likeness (QED) is 0.636. The van der Waals surface area contributed by atoms with Crippen LogP contribution in [0.1, 0.15) is 47.0 Å². The molecule has 0 aliphatic carbocycles. The Morgan fingerprint density at radius 2 is 2.00 bits per heavy atom. The standard InChI is InChI=1S/C10H20OS/c1-5-6-7-10(9(4)11)12-8(2)3/h8,10H,5-7H2,1-4H3. The highest BCUT2D eigenvalue weighted by molar-refractivity contribution is 8.01. The fourth-order valence-corrected chi connectivity index (χ4v) is 2.24. The van der Waals surface area contributed by atoms with Gasteiger partial charge in [-0.3, -0.25) is 4.79 Å². The lowest BCUT2D eigenvalue weighted by atomic mass is 10.1. The van der Waals surface area contributed by atoms with Crippen LogP contribution < -0.4 is 0 Å². The van der Waals surface area contributed by atoms with E-state index in [2.05, 4.69) is 20.8 Å². The summed E-state index contributed by atoms with van der Waals surface area (Å²) in [7, 11) is 0. The minimum absolute atomic E-state index is 0.241. The predicted octanol–water partition coefficient (Wildman–Crippen LogP) is 3.28. The average molecular weight is 188 g/mol. The molecule has 1 atom stereocenters. The number of hydrogen-bond donors (Lipinski definition) is 0. The third-order valence-corrected chi connectivity index (χ3v) is 3.15. The first-order chi connectivity index (χ1) is 5.57. The molecule has 0 aromatic heterocycles. The van der Waals surface area contributed by atoms with E-state index in [9.17, 15) is 4.79 Å². The third-order valence-electron chi connectivity index (χ3n) is 1.71. The van der Waals surface area contributed by atoms with Gasteiger partial charge >= 0.3 is 0 Å². The highest BCUT2D eigenvalue weighted by Gasteiger charge is 2.15. The van der Waals surface area contributed by atoms with Crippen LogP contribution in [0, 0.1) is 0 Å². The second kappa shape index (κ2) is 6.53. The minimum atomic E-state index is 0.241. The Bertz CT molecular complexity index is 132. The van der Waals surface area contributed by atoms with E-state index in [-0.39, 0.29) is 5.25 Å². The van der Waals surface area contributed by atoms with Crippen molar-refractivity contribution in [2.45, 2.75) is 57.5 Å². The largest absolute Gasteiger partial charge is 0.299 e. The van der Waals surface area contributed by atoms with E-state index in [1.54, 1.807) is 18.7 Å². The lowest BCUT2D eigenvalue weighted by Gasteiger charge is -2.14. The molecule has 0 rings (SSSR count). The van der Waals surface area contributed by atoms with E-state index in [1.165, 1.54) is 12.8 Å². The molecule has 0 saturated heterocycles. The molecule has 0 aliphatic heterocycles. The van der Waals surface area contributed by atoms with E-state index < -0.39 is 0 Å². The number of thioether (sulfide) groups is 1. The van der Waals surface area contributed by atoms with Crippen LogP contribution in [0.4, 0.5) is 0 Å². The van der Waals surface area contributed by atoms with E-state index in [4.69, 9.17) is 0 Å². The fraction of sp³-hybridized carbons (Fsp3) is 0.900. The lowest BCUT2D eigenvalue weighted by Crippen LogP contribution is -2.15. The highest BCUT2D eigenvalue weighted by atomic mass is 32.2. The first kappa shape index (κ1) is 12.0. The molecule has 0 aromatic rings. The Balaban J connectivity index is 3.78. The van der Waals surface area contributed by atoms with Gasteiger partial charge in [-0.15, -0.1) is 11.8 Å². The van der Waals surface area contributed by atoms with E-state index in [1.807, 2.05) is 0 Å². The van der Waals surface area contributed by atoms with Gasteiger partial charge in [0.2, 0.25) is 0 Å². The van der Waals surface area contributed by atoms with Gasteiger partial charge in [0.05, 0.1) is 5.25 Å². The summed E-state index contributed by atoms with van der Waals surface area (Å²) in [6, 6.07) is 0. The molecule has 0 amide bonds. The van der Waals surface area contributed by atoms with Crippen molar-refractivity contribution < 1.29 is 4.79 Å². The SMILES string of the molecule is CCCCC(SC(C)C)C(C)=O. The average Bonchev–Trinajstić information content (AvgIpc) is 1.96. The van der Waals surface area contributed by atoms with E-state index in [0.717, 1.165) is 6.42 Å². The number of carbonyl (C=O) groups is 1. The second-order valence-electron chi connectivity index (χ2n) is 3.43. The third kappa shape index (κ3) is 5.64. The van der Waals surface area contributed by atoms with Crippen LogP contribution in [0.2, 0.25) is 0 Å². The van der Waals surface area contributed by atoms with Crippen LogP contribution >= 0.6 is 11.8 Å². The zero-order chi connectivity index (χ0) is 9.56. The zero-order valence-corrected chi connectivity index (χ0v) is 9.41. The normalized spacial score (nSPS) is 13.4. The van der Waals surface area contributed by atoms with Crippen molar-refractivity contribution in [1.29, 1.82) is 0 Å². The highest BCUT2D eigenvalue weighted by Crippen LogP contribution is 2.22. The summed E-state index contributed by atoms with van der Waals surface area (Å²) >= 11 is 1.80. The zero-order valence-electron chi connectivity index (χ0n) is 8.59. The van der Waals surface area contributed by atoms with Gasteiger partial charge in [0.15, 0.2) is 0 Å². The van der Waals surface area contributed by atoms with Gasteiger partial charge in [-0.2, -0.15) is 0 Å². The molecule has 1 nitrogen and oxygen atoms in total. The van der Waals surface area contributed by atoms with Crippen LogP contribution in [0.25, 0.3) is 0 Å². The number of rotatable bonds is 6. The van der Waals surface area contributed by atoms with Crippen molar-refractivity contribution in [3.05, 3.63) is 0 Å². The molecule has 0 saturated carbocycles. The van der Waals surface area contributed by atoms with Gasteiger partial charge in [0.1, 0.15) is 5.78 Å². The summed E-state index contributed by atoms with van der Waals surface area (Å²) < 4.78 is 0. The fourth-order valence-electron chi connectivity index (χ4n) is 1.09. The maximum Gasteiger partial charge on any atom is 0.142 e. The second-order valence-corrected chi connectivity index (χ2v) is 5.21. The minimum Gasteiger partial charge on any atom is -0.299 e. The van der Waals surface area contributed by atoms with Crippen molar-refractivity contribution >= 4 is 17.5 Å². The van der Waals surface area contributed by atoms with Crippen LogP contribution in [-0.4, -0.2) is 16.3 Å². The van der Waals surface area contributed by atoms with Crippen LogP contribution in [0.5, 0.6) is 0 Å². The van der Waals surface area contributed by atoms with Crippen LogP contribution in [-0.2, 0) is 4.79 Å². The smallest absolute Gasteiger partial charge is 0.142 e. The molecule has 0 spiro atoms. The summed E-state index contributed by atoms with van der Waals surface area (Å²) in [5.41, 5.74) is 0. The maximum absolute atomic E-state index is 11.2. The monoisotopic (exact) mass is 188 g/mol. The molecule has 0 N–H and O–H groups in total. The molecule has 0 radical (unpaired) electrons. The Labute approximate surface area is 80.3 Å². The molecule has 12 heavy (non-hydrogen) atoms. The molecule has 0 bridgehead atoms. The number of ketones is 1. The number of carbonyl (C=O) groups excluding carboxylic acids is 1. The first-order valence-electron chi connectivity index (χ1n) is 4.73. The summed E-state index contributed by atoms with van der Waals surface area (Å²) in [6.07, 6.45) is 3.40. The van der Waals surface area contributed by atoms with Crippen molar-refractivity contribution in [3.8, 4) is 0 Å². The van der Waals surface area contributed by atoms with Gasteiger partial charge < -0.3 is 0 Å². The number of unbranched alkanes of at least 4 members (excludes halogenated alkanes) is 1. The van der Waals surface area contributed by atoms with Crippen LogP contribution in [0.15, 0.2) is 0 Å². The summed E-state index contributed by atoms with van der Waals surface area (Å²) in [6.45, 7) is 8.16. The number of hydrogen-bond acceptors (Lipinski definition) is 2. The van der Waals surface area contributed by atoms with Crippen molar-refractivity contribution in [2.24, 2.45) is 0 Å². The van der Waals surface area contributed by atoms with Gasteiger partial charge in [-0.25, -0.2) is 0 Å². The predicted molar refractivity (Wildman–Crippen MR) is 56.7 cm³/mol. The van der Waals surface area contributed by atoms with E-state index >= 15 is 0 Å². The Hall–Kier alpha value is 0.0200. The topological polar surface area (TPSA) is 17.1 Å². The van der Waals surface area contributed by atoms with Gasteiger partial charge in [-0.1, -0.05) is 33.6 Å². The lowest BCUT2D eigenvalue weighted by molar-refractivity contribution is -0.116. The molecule has 1 unspecified atom stereocenters. The van der Waals surface area contributed by atoms with E-state index in [0.29, 0.717) is 11.0 Å². The van der Waals surface area contributed by atoms with Gasteiger partial charge in [0.25, 0.3) is 0 Å². The summed E-state index contributed by atoms with van der Waals surface area (Å²) in [5, 5.41) is 0.806. The van der Waals surface area contributed by atoms with Crippen LogP contribution in [0.3, 0.4) is 0 Å². The van der Waals surface area contributed by atoms with Gasteiger partial charge in [0, 0.05) is 0 Å². The molecule has 72 valence electrons. The molecule has 2 heteroatoms. The molecule has 0 fully saturated rings. The molecular formula is C10H20OS. The Morgan fingerprint density at radius 1 is 1.42 bits per heavy atom. The van der Waals surface area contributed by atoms with Crippen molar-refractivity contribution in [3.63, 3.8) is 0 Å². The summed E-state index contributed by atoms with van der Waals surface area (Å²) in [5.74, 6) is 0.335. The number of Topliss-reactive ketones (excluding diaryl/α,β-unsaturated/α-hetero) is 1. The molecule has 0 heterocycles. The van der Waals surface area contributed by atoms with Crippen molar-refractivity contribution in [1.82, 2.24) is 0 Å². The molecule has 0 aromatic carbocycles. The van der Waals surface area contributed by atoms with Crippen molar-refractivity contribution in [2.75, 3.05) is 0 Å². The maximum atomic E-state index is 11.2. The Kier molecular flexibility index (Phi) is 6.54. The van der Waals surface area contributed by atoms with Gasteiger partial charge in [-0.05, 0) is 18.6 Å². The Morgan fingerprint density at radius 3 is 2.33 bits per heavy atom. The molecular weight excluding hydrogens is 168 g/mol. The molecule has 0 aliphatic rings.